The molecule has 0 bridgehead atoms. The van der Waals surface area contributed by atoms with Gasteiger partial charge in [-0.2, -0.15) is 9.57 Å². The quantitative estimate of drug-likeness (QED) is 0.274. The van der Waals surface area contributed by atoms with Gasteiger partial charge in [-0.3, -0.25) is 15.0 Å². The number of fused-ring (bicyclic) bond motifs is 1. The summed E-state index contributed by atoms with van der Waals surface area (Å²) in [6.45, 7) is 5.01. The standard InChI is InChI=1S/C29H39N5O7S/c1-20(2)18-33(42(38,39)23-12-13-26-27(16-23)41-21(3)40-26)19-25(35)24(15-22-9-6-5-7-10-22)34(29(37)11-8-14-30)32-28(36)17-31-4/h5-7,9-10,12-13,16,20-21,24-25,31,35H,8,11,15,17-19H2,1-4H3,(H,32,36)/t21?,24?,25-/m1/s1. The van der Waals surface area contributed by atoms with Crippen molar-refractivity contribution < 1.29 is 32.6 Å². The van der Waals surface area contributed by atoms with Gasteiger partial charge in [0.05, 0.1) is 29.7 Å². The number of hydrogen-bond donors (Lipinski definition) is 3. The largest absolute Gasteiger partial charge is 0.451 e. The van der Waals surface area contributed by atoms with Crippen molar-refractivity contribution in [2.45, 2.75) is 63.4 Å². The number of amides is 2. The molecule has 2 unspecified atom stereocenters. The number of nitriles is 1. The Morgan fingerprint density at radius 3 is 2.43 bits per heavy atom. The van der Waals surface area contributed by atoms with Crippen LogP contribution in [0.2, 0.25) is 0 Å². The van der Waals surface area contributed by atoms with Crippen LogP contribution in [0.15, 0.2) is 53.4 Å². The SMILES string of the molecule is CNCC(=O)NN(C(=O)CCC#N)C(Cc1ccccc1)[C@H](O)CN(CC(C)C)S(=O)(=O)c1ccc2c(c1)OC(C)O2. The number of nitrogens with zero attached hydrogens (tertiary/aromatic N) is 3. The molecule has 1 aliphatic rings. The average Bonchev–Trinajstić information content (AvgIpc) is 3.33. The molecular weight excluding hydrogens is 562 g/mol. The van der Waals surface area contributed by atoms with Crippen LogP contribution in [0.25, 0.3) is 0 Å². The predicted octanol–water partition coefficient (Wildman–Crippen LogP) is 1.81. The molecule has 2 aromatic rings. The zero-order valence-electron chi connectivity index (χ0n) is 24.3. The van der Waals surface area contributed by atoms with Crippen molar-refractivity contribution in [2.75, 3.05) is 26.7 Å². The van der Waals surface area contributed by atoms with Crippen LogP contribution in [0, 0.1) is 17.2 Å². The molecule has 228 valence electrons. The summed E-state index contributed by atoms with van der Waals surface area (Å²) in [7, 11) is -2.56. The summed E-state index contributed by atoms with van der Waals surface area (Å²) in [5.41, 5.74) is 3.31. The number of rotatable bonds is 14. The Morgan fingerprint density at radius 2 is 1.79 bits per heavy atom. The van der Waals surface area contributed by atoms with E-state index >= 15 is 0 Å². The van der Waals surface area contributed by atoms with E-state index in [1.807, 2.05) is 38.1 Å². The van der Waals surface area contributed by atoms with Gasteiger partial charge in [0.2, 0.25) is 22.2 Å². The number of ether oxygens (including phenoxy) is 2. The molecule has 12 nitrogen and oxygen atoms in total. The first-order valence-corrected chi connectivity index (χ1v) is 15.2. The van der Waals surface area contributed by atoms with Crippen molar-refractivity contribution in [3.63, 3.8) is 0 Å². The third kappa shape index (κ3) is 8.65. The van der Waals surface area contributed by atoms with Crippen LogP contribution in [0.3, 0.4) is 0 Å². The zero-order valence-corrected chi connectivity index (χ0v) is 25.1. The fourth-order valence-electron chi connectivity index (χ4n) is 4.58. The Kier molecular flexibility index (Phi) is 11.7. The fraction of sp³-hybridized carbons (Fsp3) is 0.483. The van der Waals surface area contributed by atoms with E-state index in [-0.39, 0.29) is 49.7 Å². The Labute approximate surface area is 247 Å². The van der Waals surface area contributed by atoms with Crippen LogP contribution in [-0.2, 0) is 26.0 Å². The van der Waals surface area contributed by atoms with Crippen LogP contribution < -0.4 is 20.2 Å². The highest BCUT2D eigenvalue weighted by molar-refractivity contribution is 7.89. The number of hydrogen-bond acceptors (Lipinski definition) is 9. The predicted molar refractivity (Wildman–Crippen MR) is 154 cm³/mol. The number of nitrogens with one attached hydrogen (secondary N) is 2. The van der Waals surface area contributed by atoms with E-state index in [0.29, 0.717) is 11.5 Å². The average molecular weight is 602 g/mol. The first kappa shape index (κ1) is 32.8. The maximum atomic E-state index is 13.9. The molecule has 42 heavy (non-hydrogen) atoms. The normalized spacial score (nSPS) is 15.7. The molecule has 0 spiro atoms. The number of carbonyl (C=O) groups excluding carboxylic acids is 2. The molecule has 3 atom stereocenters. The van der Waals surface area contributed by atoms with Crippen LogP contribution in [-0.4, -0.2) is 79.8 Å². The lowest BCUT2D eigenvalue weighted by Gasteiger charge is -2.37. The van der Waals surface area contributed by atoms with Crippen LogP contribution >= 0.6 is 0 Å². The molecule has 0 aromatic heterocycles. The number of hydrazine groups is 1. The van der Waals surface area contributed by atoms with E-state index < -0.39 is 40.3 Å². The second-order valence-corrected chi connectivity index (χ2v) is 12.4. The second kappa shape index (κ2) is 15.0. The number of sulfonamides is 1. The summed E-state index contributed by atoms with van der Waals surface area (Å²) in [6, 6.07) is 14.3. The summed E-state index contributed by atoms with van der Waals surface area (Å²) in [6.07, 6.45) is -2.15. The van der Waals surface area contributed by atoms with Gasteiger partial charge in [0.1, 0.15) is 0 Å². The third-order valence-corrected chi connectivity index (χ3v) is 8.29. The van der Waals surface area contributed by atoms with E-state index in [1.54, 1.807) is 26.1 Å². The molecule has 3 rings (SSSR count). The smallest absolute Gasteiger partial charge is 0.252 e. The van der Waals surface area contributed by atoms with Gasteiger partial charge in [-0.25, -0.2) is 13.4 Å². The molecule has 0 saturated heterocycles. The maximum absolute atomic E-state index is 13.9. The highest BCUT2D eigenvalue weighted by Crippen LogP contribution is 2.37. The number of likely N-dealkylation sites (N-methyl/N-ethyl adjacent to an activating group) is 1. The Balaban J connectivity index is 1.99. The van der Waals surface area contributed by atoms with Crippen molar-refractivity contribution in [3.05, 3.63) is 54.1 Å². The minimum absolute atomic E-state index is 0.0318. The lowest BCUT2D eigenvalue weighted by molar-refractivity contribution is -0.147. The minimum atomic E-state index is -4.13. The summed E-state index contributed by atoms with van der Waals surface area (Å²) < 4.78 is 40.0. The number of carbonyl (C=O) groups is 2. The lowest BCUT2D eigenvalue weighted by atomic mass is 9.99. The topological polar surface area (TPSA) is 161 Å². The van der Waals surface area contributed by atoms with Crippen molar-refractivity contribution in [2.24, 2.45) is 5.92 Å². The second-order valence-electron chi connectivity index (χ2n) is 10.4. The zero-order chi connectivity index (χ0) is 30.9. The maximum Gasteiger partial charge on any atom is 0.252 e. The summed E-state index contributed by atoms with van der Waals surface area (Å²) >= 11 is 0. The molecule has 1 heterocycles. The Hall–Kier alpha value is -3.70. The first-order chi connectivity index (χ1) is 20.0. The molecular formula is C29H39N5O7S. The fourth-order valence-corrected chi connectivity index (χ4v) is 6.22. The van der Waals surface area contributed by atoms with Gasteiger partial charge in [0.15, 0.2) is 11.5 Å². The summed E-state index contributed by atoms with van der Waals surface area (Å²) in [5, 5.41) is 24.5. The van der Waals surface area contributed by atoms with Gasteiger partial charge in [-0.05, 0) is 37.1 Å². The number of benzene rings is 2. The third-order valence-electron chi connectivity index (χ3n) is 6.46. The van der Waals surface area contributed by atoms with Crippen LogP contribution in [0.5, 0.6) is 11.5 Å². The van der Waals surface area contributed by atoms with E-state index in [2.05, 4.69) is 10.7 Å². The molecule has 0 saturated carbocycles. The van der Waals surface area contributed by atoms with Crippen molar-refractivity contribution in [1.29, 1.82) is 5.26 Å². The molecule has 0 fully saturated rings. The Bertz CT molecular complexity index is 1360. The molecule has 2 amide bonds. The first-order valence-electron chi connectivity index (χ1n) is 13.8. The number of aliphatic hydroxyl groups is 1. The number of aliphatic hydroxyl groups excluding tert-OH is 1. The van der Waals surface area contributed by atoms with E-state index in [9.17, 15) is 23.1 Å². The summed E-state index contributed by atoms with van der Waals surface area (Å²) in [4.78, 5) is 25.8. The van der Waals surface area contributed by atoms with Gasteiger partial charge < -0.3 is 19.9 Å². The molecule has 2 aromatic carbocycles. The van der Waals surface area contributed by atoms with E-state index in [0.717, 1.165) is 10.6 Å². The molecule has 3 N–H and O–H groups in total. The lowest BCUT2D eigenvalue weighted by Crippen LogP contribution is -2.60. The van der Waals surface area contributed by atoms with Gasteiger partial charge in [0.25, 0.3) is 5.91 Å². The van der Waals surface area contributed by atoms with Crippen LogP contribution in [0.1, 0.15) is 39.2 Å². The molecule has 0 radical (unpaired) electrons. The van der Waals surface area contributed by atoms with E-state index in [4.69, 9.17) is 14.7 Å². The van der Waals surface area contributed by atoms with Gasteiger partial charge >= 0.3 is 0 Å². The van der Waals surface area contributed by atoms with Crippen molar-refractivity contribution in [3.8, 4) is 17.6 Å². The highest BCUT2D eigenvalue weighted by Gasteiger charge is 2.36. The van der Waals surface area contributed by atoms with Crippen LogP contribution in [0.4, 0.5) is 0 Å². The Morgan fingerprint density at radius 1 is 1.10 bits per heavy atom. The monoisotopic (exact) mass is 601 g/mol. The van der Waals surface area contributed by atoms with E-state index in [1.165, 1.54) is 22.5 Å². The van der Waals surface area contributed by atoms with Gasteiger partial charge in [-0.1, -0.05) is 44.2 Å². The minimum Gasteiger partial charge on any atom is -0.451 e. The summed E-state index contributed by atoms with van der Waals surface area (Å²) in [5.74, 6) is -0.475. The molecule has 1 aliphatic heterocycles. The highest BCUT2D eigenvalue weighted by atomic mass is 32.2. The molecule has 0 aliphatic carbocycles. The van der Waals surface area contributed by atoms with Crippen molar-refractivity contribution >= 4 is 21.8 Å². The van der Waals surface area contributed by atoms with Gasteiger partial charge in [0, 0.05) is 38.9 Å². The molecule has 13 heteroatoms. The van der Waals surface area contributed by atoms with Gasteiger partial charge in [-0.15, -0.1) is 0 Å². The van der Waals surface area contributed by atoms with Crippen molar-refractivity contribution in [1.82, 2.24) is 20.1 Å².